The smallest absolute Gasteiger partial charge is 0.410 e. The lowest BCUT2D eigenvalue weighted by atomic mass is 9.94. The fourth-order valence-electron chi connectivity index (χ4n) is 3.16. The van der Waals surface area contributed by atoms with Crippen molar-refractivity contribution >= 4 is 29.3 Å². The standard InChI is InChI=1S/C20H26ClN5O2/c1-13-7-8-22-16(10-13)24-17-11-15(23-18(21)25-17)14-6-5-9-26(12-14)19(27)28-20(2,3)4/h7-8,10-11,14H,5-6,9,12H2,1-4H3,(H,22,23,24,25). The largest absolute Gasteiger partial charge is 0.444 e. The van der Waals surface area contributed by atoms with Gasteiger partial charge in [0.25, 0.3) is 0 Å². The number of hydrogen-bond donors (Lipinski definition) is 1. The van der Waals surface area contributed by atoms with Crippen LogP contribution in [0.4, 0.5) is 16.4 Å². The topological polar surface area (TPSA) is 80.2 Å². The maximum absolute atomic E-state index is 12.4. The predicted molar refractivity (Wildman–Crippen MR) is 109 cm³/mol. The van der Waals surface area contributed by atoms with Gasteiger partial charge in [-0.25, -0.2) is 19.7 Å². The summed E-state index contributed by atoms with van der Waals surface area (Å²) in [5, 5.41) is 3.35. The number of amides is 1. The molecule has 28 heavy (non-hydrogen) atoms. The summed E-state index contributed by atoms with van der Waals surface area (Å²) in [7, 11) is 0. The molecule has 2 aromatic rings. The molecule has 3 rings (SSSR count). The van der Waals surface area contributed by atoms with Crippen LogP contribution in [0.25, 0.3) is 0 Å². The van der Waals surface area contributed by atoms with E-state index in [1.165, 1.54) is 0 Å². The van der Waals surface area contributed by atoms with Crippen molar-refractivity contribution in [1.82, 2.24) is 19.9 Å². The lowest BCUT2D eigenvalue weighted by Crippen LogP contribution is -2.42. The SMILES string of the molecule is Cc1ccnc(Nc2cc(C3CCCN(C(=O)OC(C)(C)C)C3)nc(Cl)n2)c1. The summed E-state index contributed by atoms with van der Waals surface area (Å²) in [5.41, 5.74) is 1.39. The Bertz CT molecular complexity index is 853. The van der Waals surface area contributed by atoms with Gasteiger partial charge in [-0.3, -0.25) is 0 Å². The number of aryl methyl sites for hydroxylation is 1. The number of carbonyl (C=O) groups is 1. The molecule has 1 saturated heterocycles. The zero-order valence-corrected chi connectivity index (χ0v) is 17.5. The molecule has 0 radical (unpaired) electrons. The minimum absolute atomic E-state index is 0.0767. The van der Waals surface area contributed by atoms with Gasteiger partial charge in [-0.1, -0.05) is 0 Å². The second-order valence-electron chi connectivity index (χ2n) is 8.06. The van der Waals surface area contributed by atoms with E-state index in [4.69, 9.17) is 16.3 Å². The summed E-state index contributed by atoms with van der Waals surface area (Å²) < 4.78 is 5.51. The summed E-state index contributed by atoms with van der Waals surface area (Å²) >= 11 is 6.16. The third-order valence-corrected chi connectivity index (χ3v) is 4.55. The maximum atomic E-state index is 12.4. The average Bonchev–Trinajstić information content (AvgIpc) is 2.60. The van der Waals surface area contributed by atoms with E-state index in [1.807, 2.05) is 45.9 Å². The number of likely N-dealkylation sites (tertiary alicyclic amines) is 1. The van der Waals surface area contributed by atoms with Crippen LogP contribution in [0.2, 0.25) is 5.28 Å². The van der Waals surface area contributed by atoms with Crippen molar-refractivity contribution in [2.75, 3.05) is 18.4 Å². The Balaban J connectivity index is 1.75. The Morgan fingerprint density at radius 3 is 2.79 bits per heavy atom. The Morgan fingerprint density at radius 2 is 2.07 bits per heavy atom. The number of halogens is 1. The van der Waals surface area contributed by atoms with Crippen molar-refractivity contribution in [2.24, 2.45) is 0 Å². The number of aromatic nitrogens is 3. The van der Waals surface area contributed by atoms with E-state index >= 15 is 0 Å². The zero-order chi connectivity index (χ0) is 20.3. The summed E-state index contributed by atoms with van der Waals surface area (Å²) in [4.78, 5) is 27.1. The molecule has 1 unspecified atom stereocenters. The van der Waals surface area contributed by atoms with E-state index in [0.717, 1.165) is 24.1 Å². The van der Waals surface area contributed by atoms with Crippen LogP contribution in [0, 0.1) is 6.92 Å². The molecule has 150 valence electrons. The second-order valence-corrected chi connectivity index (χ2v) is 8.39. The molecule has 0 aliphatic carbocycles. The number of pyridine rings is 1. The molecule has 1 aliphatic heterocycles. The monoisotopic (exact) mass is 403 g/mol. The lowest BCUT2D eigenvalue weighted by molar-refractivity contribution is 0.0197. The zero-order valence-electron chi connectivity index (χ0n) is 16.7. The highest BCUT2D eigenvalue weighted by Gasteiger charge is 2.29. The molecule has 1 atom stereocenters. The van der Waals surface area contributed by atoms with Crippen LogP contribution in [0.15, 0.2) is 24.4 Å². The van der Waals surface area contributed by atoms with Crippen molar-refractivity contribution in [1.29, 1.82) is 0 Å². The molecule has 1 N–H and O–H groups in total. The Kier molecular flexibility index (Phi) is 6.03. The van der Waals surface area contributed by atoms with Gasteiger partial charge in [0.1, 0.15) is 17.2 Å². The van der Waals surface area contributed by atoms with E-state index in [2.05, 4.69) is 20.3 Å². The van der Waals surface area contributed by atoms with E-state index in [1.54, 1.807) is 11.1 Å². The Hall–Kier alpha value is -2.41. The van der Waals surface area contributed by atoms with Crippen molar-refractivity contribution in [2.45, 2.75) is 52.1 Å². The third-order valence-electron chi connectivity index (χ3n) is 4.38. The van der Waals surface area contributed by atoms with Gasteiger partial charge >= 0.3 is 6.09 Å². The molecule has 2 aromatic heterocycles. The highest BCUT2D eigenvalue weighted by atomic mass is 35.5. The summed E-state index contributed by atoms with van der Waals surface area (Å²) in [6.07, 6.45) is 3.25. The van der Waals surface area contributed by atoms with Crippen molar-refractivity contribution in [3.63, 3.8) is 0 Å². The number of carbonyl (C=O) groups excluding carboxylic acids is 1. The number of nitrogens with zero attached hydrogens (tertiary/aromatic N) is 4. The van der Waals surface area contributed by atoms with Gasteiger partial charge in [0.15, 0.2) is 0 Å². The van der Waals surface area contributed by atoms with Crippen LogP contribution >= 0.6 is 11.6 Å². The van der Waals surface area contributed by atoms with Gasteiger partial charge in [-0.15, -0.1) is 0 Å². The molecule has 0 spiro atoms. The summed E-state index contributed by atoms with van der Waals surface area (Å²) in [6, 6.07) is 5.73. The van der Waals surface area contributed by atoms with Gasteiger partial charge in [0.2, 0.25) is 5.28 Å². The molecule has 8 heteroatoms. The molecule has 0 saturated carbocycles. The van der Waals surface area contributed by atoms with Crippen LogP contribution in [0.5, 0.6) is 0 Å². The van der Waals surface area contributed by atoms with Crippen LogP contribution in [-0.2, 0) is 4.74 Å². The van der Waals surface area contributed by atoms with Crippen LogP contribution in [0.3, 0.4) is 0 Å². The first-order chi connectivity index (χ1) is 13.2. The minimum atomic E-state index is -0.514. The number of nitrogens with one attached hydrogen (secondary N) is 1. The summed E-state index contributed by atoms with van der Waals surface area (Å²) in [5.74, 6) is 1.36. The molecular formula is C20H26ClN5O2. The first-order valence-corrected chi connectivity index (χ1v) is 9.79. The van der Waals surface area contributed by atoms with Gasteiger partial charge in [0.05, 0.1) is 5.69 Å². The maximum Gasteiger partial charge on any atom is 0.410 e. The number of hydrogen-bond acceptors (Lipinski definition) is 6. The van der Waals surface area contributed by atoms with E-state index in [9.17, 15) is 4.79 Å². The number of ether oxygens (including phenoxy) is 1. The molecule has 0 aromatic carbocycles. The van der Waals surface area contributed by atoms with Gasteiger partial charge in [0, 0.05) is 31.3 Å². The van der Waals surface area contributed by atoms with Crippen molar-refractivity contribution in [3.8, 4) is 0 Å². The fraction of sp³-hybridized carbons (Fsp3) is 0.500. The lowest BCUT2D eigenvalue weighted by Gasteiger charge is -2.34. The third kappa shape index (κ3) is 5.55. The molecule has 3 heterocycles. The molecule has 0 bridgehead atoms. The van der Waals surface area contributed by atoms with Crippen LogP contribution in [-0.4, -0.2) is 44.6 Å². The van der Waals surface area contributed by atoms with Gasteiger partial charge in [-0.2, -0.15) is 0 Å². The first-order valence-electron chi connectivity index (χ1n) is 9.42. The normalized spacial score (nSPS) is 17.3. The van der Waals surface area contributed by atoms with E-state index < -0.39 is 5.60 Å². The molecule has 1 amide bonds. The second kappa shape index (κ2) is 8.31. The Labute approximate surface area is 170 Å². The summed E-state index contributed by atoms with van der Waals surface area (Å²) in [6.45, 7) is 8.83. The number of rotatable bonds is 3. The quantitative estimate of drug-likeness (QED) is 0.748. The van der Waals surface area contributed by atoms with Gasteiger partial charge in [-0.05, 0) is 69.8 Å². The minimum Gasteiger partial charge on any atom is -0.444 e. The average molecular weight is 404 g/mol. The van der Waals surface area contributed by atoms with Crippen molar-refractivity contribution in [3.05, 3.63) is 40.9 Å². The number of piperidine rings is 1. The van der Waals surface area contributed by atoms with E-state index in [0.29, 0.717) is 24.7 Å². The Morgan fingerprint density at radius 1 is 1.29 bits per heavy atom. The van der Waals surface area contributed by atoms with Crippen LogP contribution in [0.1, 0.15) is 50.8 Å². The molecule has 7 nitrogen and oxygen atoms in total. The number of anilines is 2. The molecule has 1 fully saturated rings. The van der Waals surface area contributed by atoms with Crippen LogP contribution < -0.4 is 5.32 Å². The van der Waals surface area contributed by atoms with Gasteiger partial charge < -0.3 is 15.0 Å². The first kappa shape index (κ1) is 20.3. The predicted octanol–water partition coefficient (Wildman–Crippen LogP) is 4.69. The highest BCUT2D eigenvalue weighted by molar-refractivity contribution is 6.28. The van der Waals surface area contributed by atoms with E-state index in [-0.39, 0.29) is 17.3 Å². The highest BCUT2D eigenvalue weighted by Crippen LogP contribution is 2.29. The molecule has 1 aliphatic rings. The molecular weight excluding hydrogens is 378 g/mol. The van der Waals surface area contributed by atoms with Crippen molar-refractivity contribution < 1.29 is 9.53 Å². The fourth-order valence-corrected chi connectivity index (χ4v) is 3.34.